The predicted molar refractivity (Wildman–Crippen MR) is 87.9 cm³/mol. The second-order valence-corrected chi connectivity index (χ2v) is 6.79. The molecule has 0 bridgehead atoms. The van der Waals surface area contributed by atoms with Crippen molar-refractivity contribution in [2.45, 2.75) is 31.7 Å². The van der Waals surface area contributed by atoms with Gasteiger partial charge in [0.05, 0.1) is 4.92 Å². The van der Waals surface area contributed by atoms with Gasteiger partial charge in [-0.3, -0.25) is 14.9 Å². The minimum Gasteiger partial charge on any atom is -0.335 e. The van der Waals surface area contributed by atoms with Crippen molar-refractivity contribution < 1.29 is 9.72 Å². The molecular weight excluding hydrogens is 404 g/mol. The van der Waals surface area contributed by atoms with E-state index in [1.165, 1.54) is 12.1 Å². The number of alkyl halides is 1. The summed E-state index contributed by atoms with van der Waals surface area (Å²) in [4.78, 5) is 25.0. The fraction of sp³-hybridized carbons (Fsp3) is 0.500. The van der Waals surface area contributed by atoms with Crippen LogP contribution >= 0.6 is 31.9 Å². The van der Waals surface area contributed by atoms with E-state index in [0.717, 1.165) is 25.7 Å². The van der Waals surface area contributed by atoms with Crippen LogP contribution in [0.4, 0.5) is 5.69 Å². The maximum Gasteiger partial charge on any atom is 0.271 e. The molecule has 1 aromatic carbocycles. The van der Waals surface area contributed by atoms with Crippen molar-refractivity contribution in [1.29, 1.82) is 0 Å². The zero-order valence-electron chi connectivity index (χ0n) is 11.4. The van der Waals surface area contributed by atoms with Crippen LogP contribution in [0.3, 0.4) is 0 Å². The summed E-state index contributed by atoms with van der Waals surface area (Å²) in [5.41, 5.74) is 0.293. The van der Waals surface area contributed by atoms with E-state index in [0.29, 0.717) is 21.9 Å². The predicted octanol–water partition coefficient (Wildman–Crippen LogP) is 4.14. The fourth-order valence-corrected chi connectivity index (χ4v) is 3.59. The molecule has 1 saturated carbocycles. The molecule has 7 heteroatoms. The maximum absolute atomic E-state index is 12.7. The molecule has 21 heavy (non-hydrogen) atoms. The molecule has 1 fully saturated rings. The third-order valence-electron chi connectivity index (χ3n) is 3.69. The first-order chi connectivity index (χ1) is 10.0. The molecule has 2 rings (SSSR count). The van der Waals surface area contributed by atoms with Gasteiger partial charge in [-0.25, -0.2) is 0 Å². The summed E-state index contributed by atoms with van der Waals surface area (Å²) >= 11 is 6.62. The number of benzene rings is 1. The Morgan fingerprint density at radius 2 is 2.00 bits per heavy atom. The number of amides is 1. The van der Waals surface area contributed by atoms with Crippen molar-refractivity contribution in [3.8, 4) is 0 Å². The van der Waals surface area contributed by atoms with Crippen molar-refractivity contribution in [1.82, 2.24) is 4.90 Å². The molecule has 0 N–H and O–H groups in total. The zero-order valence-corrected chi connectivity index (χ0v) is 14.6. The van der Waals surface area contributed by atoms with Gasteiger partial charge in [-0.05, 0) is 18.9 Å². The summed E-state index contributed by atoms with van der Waals surface area (Å²) in [5.74, 6) is -0.134. The number of hydrogen-bond acceptors (Lipinski definition) is 3. The molecule has 0 aromatic heterocycles. The first kappa shape index (κ1) is 16.4. The first-order valence-electron chi connectivity index (χ1n) is 6.85. The van der Waals surface area contributed by atoms with Crippen LogP contribution in [0.2, 0.25) is 0 Å². The number of halogens is 2. The summed E-state index contributed by atoms with van der Waals surface area (Å²) in [6.45, 7) is 0.615. The van der Waals surface area contributed by atoms with Gasteiger partial charge >= 0.3 is 0 Å². The average Bonchev–Trinajstić information content (AvgIpc) is 2.97. The summed E-state index contributed by atoms with van der Waals surface area (Å²) < 4.78 is 0.547. The second-order valence-electron chi connectivity index (χ2n) is 5.08. The van der Waals surface area contributed by atoms with E-state index in [2.05, 4.69) is 31.9 Å². The van der Waals surface area contributed by atoms with E-state index in [1.54, 1.807) is 6.07 Å². The number of nitrogens with zero attached hydrogens (tertiary/aromatic N) is 2. The third-order valence-corrected chi connectivity index (χ3v) is 4.50. The van der Waals surface area contributed by atoms with Crippen molar-refractivity contribution in [2.75, 3.05) is 11.9 Å². The number of hydrogen-bond donors (Lipinski definition) is 0. The molecule has 0 atom stereocenters. The monoisotopic (exact) mass is 418 g/mol. The molecule has 0 spiro atoms. The highest BCUT2D eigenvalue weighted by Gasteiger charge is 2.27. The average molecular weight is 420 g/mol. The van der Waals surface area contributed by atoms with E-state index in [4.69, 9.17) is 0 Å². The zero-order chi connectivity index (χ0) is 15.4. The number of non-ortho nitro benzene ring substituents is 1. The molecule has 1 aliphatic carbocycles. The Balaban J connectivity index is 2.29. The number of nitro benzene ring substituents is 1. The smallest absolute Gasteiger partial charge is 0.271 e. The summed E-state index contributed by atoms with van der Waals surface area (Å²) in [5, 5.41) is 11.6. The van der Waals surface area contributed by atoms with E-state index >= 15 is 0 Å². The highest BCUT2D eigenvalue weighted by atomic mass is 79.9. The van der Waals surface area contributed by atoms with Crippen LogP contribution in [0.1, 0.15) is 36.0 Å². The van der Waals surface area contributed by atoms with Gasteiger partial charge in [0.2, 0.25) is 0 Å². The quantitative estimate of drug-likeness (QED) is 0.409. The summed E-state index contributed by atoms with van der Waals surface area (Å²) in [7, 11) is 0. The van der Waals surface area contributed by atoms with Crippen LogP contribution in [0.5, 0.6) is 0 Å². The number of rotatable bonds is 5. The number of carbonyl (C=O) groups excluding carboxylic acids is 1. The molecule has 0 radical (unpaired) electrons. The van der Waals surface area contributed by atoms with Crippen molar-refractivity contribution >= 4 is 43.5 Å². The van der Waals surface area contributed by atoms with E-state index in [-0.39, 0.29) is 17.6 Å². The van der Waals surface area contributed by atoms with Crippen molar-refractivity contribution in [3.63, 3.8) is 0 Å². The molecule has 1 aromatic rings. The highest BCUT2D eigenvalue weighted by molar-refractivity contribution is 9.10. The van der Waals surface area contributed by atoms with Crippen molar-refractivity contribution in [3.05, 3.63) is 38.3 Å². The molecule has 114 valence electrons. The van der Waals surface area contributed by atoms with Gasteiger partial charge in [-0.15, -0.1) is 0 Å². The molecule has 0 heterocycles. The molecule has 0 aliphatic heterocycles. The Hall–Kier alpha value is -0.950. The van der Waals surface area contributed by atoms with Crippen molar-refractivity contribution in [2.24, 2.45) is 0 Å². The molecule has 5 nitrogen and oxygen atoms in total. The number of nitro groups is 1. The van der Waals surface area contributed by atoms with Gasteiger partial charge < -0.3 is 4.90 Å². The van der Waals surface area contributed by atoms with Gasteiger partial charge in [0.1, 0.15) is 0 Å². The molecule has 0 saturated heterocycles. The van der Waals surface area contributed by atoms with Gasteiger partial charge in [0, 0.05) is 40.1 Å². The largest absolute Gasteiger partial charge is 0.335 e. The van der Waals surface area contributed by atoms with E-state index in [9.17, 15) is 14.9 Å². The van der Waals surface area contributed by atoms with E-state index < -0.39 is 4.92 Å². The minimum absolute atomic E-state index is 0.0714. The van der Waals surface area contributed by atoms with Crippen LogP contribution in [0.25, 0.3) is 0 Å². The van der Waals surface area contributed by atoms with Gasteiger partial charge in [-0.1, -0.05) is 44.7 Å². The van der Waals surface area contributed by atoms with Crippen LogP contribution in [0.15, 0.2) is 22.7 Å². The lowest BCUT2D eigenvalue weighted by Crippen LogP contribution is -2.40. The molecule has 1 aliphatic rings. The Morgan fingerprint density at radius 3 is 2.57 bits per heavy atom. The van der Waals surface area contributed by atoms with Gasteiger partial charge in [0.25, 0.3) is 11.6 Å². The molecule has 0 unspecified atom stereocenters. The van der Waals surface area contributed by atoms with Gasteiger partial charge in [0.15, 0.2) is 0 Å². The number of carbonyl (C=O) groups is 1. The standard InChI is InChI=1S/C14H16Br2N2O3/c15-5-6-17(12-3-1-2-4-12)14(19)10-7-11(16)9-13(8-10)18(20)21/h7-9,12H,1-6H2. The molecule has 1 amide bonds. The van der Waals surface area contributed by atoms with Crippen LogP contribution in [-0.2, 0) is 0 Å². The second kappa shape index (κ2) is 7.35. The summed E-state index contributed by atoms with van der Waals surface area (Å²) in [6, 6.07) is 4.64. The minimum atomic E-state index is -0.480. The SMILES string of the molecule is O=C(c1cc(Br)cc([N+](=O)[O-])c1)N(CCBr)C1CCCC1. The van der Waals surface area contributed by atoms with E-state index in [1.807, 2.05) is 4.90 Å². The fourth-order valence-electron chi connectivity index (χ4n) is 2.73. The van der Waals surface area contributed by atoms with Crippen LogP contribution in [0, 0.1) is 10.1 Å². The Bertz CT molecular complexity index is 545. The van der Waals surface area contributed by atoms with Gasteiger partial charge in [-0.2, -0.15) is 0 Å². The lowest BCUT2D eigenvalue weighted by atomic mass is 10.1. The Labute approximate surface area is 140 Å². The van der Waals surface area contributed by atoms with Crippen LogP contribution in [-0.4, -0.2) is 33.6 Å². The maximum atomic E-state index is 12.7. The Kier molecular flexibility index (Phi) is 5.75. The molecular formula is C14H16Br2N2O3. The lowest BCUT2D eigenvalue weighted by Gasteiger charge is -2.28. The van der Waals surface area contributed by atoms with Crippen LogP contribution < -0.4 is 0 Å². The summed E-state index contributed by atoms with van der Waals surface area (Å²) in [6.07, 6.45) is 4.29. The lowest BCUT2D eigenvalue weighted by molar-refractivity contribution is -0.385. The topological polar surface area (TPSA) is 63.4 Å². The Morgan fingerprint density at radius 1 is 1.33 bits per heavy atom. The first-order valence-corrected chi connectivity index (χ1v) is 8.76. The highest BCUT2D eigenvalue weighted by Crippen LogP contribution is 2.27. The third kappa shape index (κ3) is 4.03. The normalized spacial score (nSPS) is 15.1.